The monoisotopic (exact) mass is 248 g/mol. The highest BCUT2D eigenvalue weighted by atomic mass is 19.1. The minimum Gasteiger partial charge on any atom is -0.382 e. The minimum atomic E-state index is -0.839. The van der Waals surface area contributed by atoms with Crippen LogP contribution >= 0.6 is 0 Å². The molecule has 0 aliphatic carbocycles. The molecule has 2 rings (SSSR count). The van der Waals surface area contributed by atoms with Crippen LogP contribution in [0, 0.1) is 12.7 Å². The fourth-order valence-electron chi connectivity index (χ4n) is 1.92. The van der Waals surface area contributed by atoms with Gasteiger partial charge < -0.3 is 5.11 Å². The first-order chi connectivity index (χ1) is 8.63. The molecule has 0 aliphatic rings. The second-order valence-corrected chi connectivity index (χ2v) is 4.39. The number of nitrogens with zero attached hydrogens (tertiary/aromatic N) is 2. The van der Waals surface area contributed by atoms with Gasteiger partial charge in [0.1, 0.15) is 11.9 Å². The summed E-state index contributed by atoms with van der Waals surface area (Å²) in [5.41, 5.74) is 1.82. The van der Waals surface area contributed by atoms with Crippen LogP contribution in [0.25, 0.3) is 0 Å². The average molecular weight is 248 g/mol. The van der Waals surface area contributed by atoms with E-state index in [9.17, 15) is 9.50 Å². The van der Waals surface area contributed by atoms with Gasteiger partial charge in [-0.25, -0.2) is 4.39 Å². The molecule has 0 saturated heterocycles. The van der Waals surface area contributed by atoms with Gasteiger partial charge in [-0.1, -0.05) is 19.1 Å². The van der Waals surface area contributed by atoms with Crippen molar-refractivity contribution in [1.82, 2.24) is 9.78 Å². The summed E-state index contributed by atoms with van der Waals surface area (Å²) < 4.78 is 15.2. The Labute approximate surface area is 106 Å². The zero-order chi connectivity index (χ0) is 13.1. The zero-order valence-corrected chi connectivity index (χ0v) is 10.6. The Morgan fingerprint density at radius 1 is 1.39 bits per heavy atom. The van der Waals surface area contributed by atoms with Gasteiger partial charge in [0.25, 0.3) is 0 Å². The smallest absolute Gasteiger partial charge is 0.126 e. The molecule has 1 N–H and O–H groups in total. The first-order valence-corrected chi connectivity index (χ1v) is 6.09. The maximum atomic E-state index is 13.5. The van der Waals surface area contributed by atoms with Crippen molar-refractivity contribution in [3.05, 3.63) is 53.1 Å². The molecule has 1 atom stereocenters. The Morgan fingerprint density at radius 2 is 2.17 bits per heavy atom. The summed E-state index contributed by atoms with van der Waals surface area (Å²) in [5.74, 6) is -0.298. The number of rotatable bonds is 4. The predicted octanol–water partition coefficient (Wildman–Crippen LogP) is 2.82. The summed E-state index contributed by atoms with van der Waals surface area (Å²) >= 11 is 0. The molecule has 1 heterocycles. The van der Waals surface area contributed by atoms with Crippen LogP contribution in [-0.4, -0.2) is 14.9 Å². The Morgan fingerprint density at radius 3 is 2.83 bits per heavy atom. The van der Waals surface area contributed by atoms with E-state index in [-0.39, 0.29) is 5.82 Å². The van der Waals surface area contributed by atoms with Gasteiger partial charge >= 0.3 is 0 Å². The van der Waals surface area contributed by atoms with Crippen molar-refractivity contribution >= 4 is 0 Å². The van der Waals surface area contributed by atoms with Gasteiger partial charge in [-0.3, -0.25) is 4.68 Å². The van der Waals surface area contributed by atoms with Gasteiger partial charge in [-0.2, -0.15) is 5.10 Å². The van der Waals surface area contributed by atoms with Gasteiger partial charge in [0.2, 0.25) is 0 Å². The van der Waals surface area contributed by atoms with E-state index in [4.69, 9.17) is 0 Å². The molecule has 0 saturated carbocycles. The van der Waals surface area contributed by atoms with Gasteiger partial charge in [0.05, 0.1) is 5.69 Å². The number of halogens is 1. The van der Waals surface area contributed by atoms with Crippen LogP contribution in [0.1, 0.15) is 36.3 Å². The van der Waals surface area contributed by atoms with E-state index < -0.39 is 6.10 Å². The number of aliphatic hydroxyl groups excluding tert-OH is 1. The van der Waals surface area contributed by atoms with E-state index in [2.05, 4.69) is 5.10 Å². The van der Waals surface area contributed by atoms with E-state index in [0.29, 0.717) is 16.8 Å². The molecule has 0 fully saturated rings. The number of benzene rings is 1. The quantitative estimate of drug-likeness (QED) is 0.903. The lowest BCUT2D eigenvalue weighted by molar-refractivity contribution is 0.207. The van der Waals surface area contributed by atoms with Crippen LogP contribution < -0.4 is 0 Å². The third-order valence-electron chi connectivity index (χ3n) is 2.98. The molecular formula is C14H17FN2O. The minimum absolute atomic E-state index is 0.298. The van der Waals surface area contributed by atoms with Crippen molar-refractivity contribution in [2.45, 2.75) is 32.9 Å². The highest BCUT2D eigenvalue weighted by Crippen LogP contribution is 2.23. The van der Waals surface area contributed by atoms with Gasteiger partial charge in [0, 0.05) is 12.7 Å². The van der Waals surface area contributed by atoms with Crippen LogP contribution in [0.2, 0.25) is 0 Å². The highest BCUT2D eigenvalue weighted by molar-refractivity contribution is 5.29. The Bertz CT molecular complexity index is 536. The summed E-state index contributed by atoms with van der Waals surface area (Å²) in [5, 5.41) is 14.4. The van der Waals surface area contributed by atoms with Crippen molar-refractivity contribution in [2.75, 3.05) is 0 Å². The third-order valence-corrected chi connectivity index (χ3v) is 2.98. The Hall–Kier alpha value is -1.68. The van der Waals surface area contributed by atoms with Crippen LogP contribution in [0.5, 0.6) is 0 Å². The lowest BCUT2D eigenvalue weighted by Gasteiger charge is -2.14. The van der Waals surface area contributed by atoms with Crippen LogP contribution in [-0.2, 0) is 6.54 Å². The topological polar surface area (TPSA) is 38.0 Å². The molecule has 1 aromatic carbocycles. The van der Waals surface area contributed by atoms with Crippen molar-refractivity contribution in [3.63, 3.8) is 0 Å². The summed E-state index contributed by atoms with van der Waals surface area (Å²) in [6.07, 6.45) is 1.75. The largest absolute Gasteiger partial charge is 0.382 e. The Balaban J connectivity index is 2.32. The molecule has 0 radical (unpaired) electrons. The van der Waals surface area contributed by atoms with Crippen LogP contribution in [0.15, 0.2) is 30.5 Å². The number of hydrogen-bond acceptors (Lipinski definition) is 2. The lowest BCUT2D eigenvalue weighted by Crippen LogP contribution is -2.10. The van der Waals surface area contributed by atoms with Crippen LogP contribution in [0.4, 0.5) is 4.39 Å². The van der Waals surface area contributed by atoms with E-state index in [0.717, 1.165) is 13.0 Å². The molecule has 18 heavy (non-hydrogen) atoms. The Kier molecular flexibility index (Phi) is 3.77. The maximum absolute atomic E-state index is 13.5. The van der Waals surface area contributed by atoms with E-state index in [1.54, 1.807) is 36.0 Å². The number of aryl methyl sites for hydroxylation is 2. The molecular weight excluding hydrogens is 231 g/mol. The fraction of sp³-hybridized carbons (Fsp3) is 0.357. The molecule has 96 valence electrons. The van der Waals surface area contributed by atoms with Gasteiger partial charge in [-0.15, -0.1) is 0 Å². The van der Waals surface area contributed by atoms with E-state index in [1.165, 1.54) is 6.07 Å². The summed E-state index contributed by atoms with van der Waals surface area (Å²) in [6.45, 7) is 4.49. The van der Waals surface area contributed by atoms with E-state index in [1.807, 2.05) is 6.92 Å². The average Bonchev–Trinajstić information content (AvgIpc) is 2.80. The molecule has 1 unspecified atom stereocenters. The fourth-order valence-corrected chi connectivity index (χ4v) is 1.92. The third kappa shape index (κ3) is 2.43. The molecule has 0 aliphatic heterocycles. The number of aliphatic hydroxyl groups is 1. The normalized spacial score (nSPS) is 12.7. The first-order valence-electron chi connectivity index (χ1n) is 6.09. The van der Waals surface area contributed by atoms with Crippen LogP contribution in [0.3, 0.4) is 0 Å². The molecule has 1 aromatic heterocycles. The first kappa shape index (κ1) is 12.8. The van der Waals surface area contributed by atoms with Gasteiger partial charge in [-0.05, 0) is 36.6 Å². The van der Waals surface area contributed by atoms with E-state index >= 15 is 0 Å². The van der Waals surface area contributed by atoms with Gasteiger partial charge in [0.15, 0.2) is 0 Å². The van der Waals surface area contributed by atoms with Crippen molar-refractivity contribution in [3.8, 4) is 0 Å². The molecule has 4 heteroatoms. The summed E-state index contributed by atoms with van der Waals surface area (Å²) in [6, 6.07) is 6.56. The molecule has 2 aromatic rings. The summed E-state index contributed by atoms with van der Waals surface area (Å²) in [4.78, 5) is 0. The van der Waals surface area contributed by atoms with Crippen molar-refractivity contribution in [1.29, 1.82) is 0 Å². The summed E-state index contributed by atoms with van der Waals surface area (Å²) in [7, 11) is 0. The maximum Gasteiger partial charge on any atom is 0.126 e. The molecule has 0 spiro atoms. The SMILES string of the molecule is CCCn1nccc1C(O)c1ccc(C)c(F)c1. The molecule has 3 nitrogen and oxygen atoms in total. The predicted molar refractivity (Wildman–Crippen MR) is 67.7 cm³/mol. The zero-order valence-electron chi connectivity index (χ0n) is 10.6. The standard InChI is InChI=1S/C14H17FN2O/c1-3-8-17-13(6-7-16-17)14(18)11-5-4-10(2)12(15)9-11/h4-7,9,14,18H,3,8H2,1-2H3. The highest BCUT2D eigenvalue weighted by Gasteiger charge is 2.16. The number of aromatic nitrogens is 2. The lowest BCUT2D eigenvalue weighted by atomic mass is 10.0. The molecule has 0 bridgehead atoms. The van der Waals surface area contributed by atoms with Crippen molar-refractivity contribution < 1.29 is 9.50 Å². The molecule has 0 amide bonds. The second kappa shape index (κ2) is 5.31. The number of hydrogen-bond donors (Lipinski definition) is 1. The second-order valence-electron chi connectivity index (χ2n) is 4.39. The van der Waals surface area contributed by atoms with Crippen molar-refractivity contribution in [2.24, 2.45) is 0 Å².